The zero-order valence-corrected chi connectivity index (χ0v) is 11.1. The van der Waals surface area contributed by atoms with Gasteiger partial charge in [-0.25, -0.2) is 4.98 Å². The van der Waals surface area contributed by atoms with Gasteiger partial charge < -0.3 is 10.1 Å². The second-order valence-electron chi connectivity index (χ2n) is 3.79. The Morgan fingerprint density at radius 2 is 2.11 bits per heavy atom. The summed E-state index contributed by atoms with van der Waals surface area (Å²) in [6.07, 6.45) is 0. The number of halogens is 1. The summed E-state index contributed by atoms with van der Waals surface area (Å²) in [5, 5.41) is 12.5. The molecule has 19 heavy (non-hydrogen) atoms. The average molecular weight is 274 g/mol. The molecule has 0 amide bonds. The molecule has 2 aromatic rings. The smallest absolute Gasteiger partial charge is 0.142 e. The van der Waals surface area contributed by atoms with Gasteiger partial charge in [-0.3, -0.25) is 0 Å². The van der Waals surface area contributed by atoms with E-state index in [1.807, 2.05) is 18.2 Å². The number of aromatic nitrogens is 1. The van der Waals surface area contributed by atoms with Crippen molar-refractivity contribution >= 4 is 17.4 Å². The van der Waals surface area contributed by atoms with E-state index in [4.69, 9.17) is 21.6 Å². The molecule has 0 unspecified atom stereocenters. The van der Waals surface area contributed by atoms with E-state index in [0.29, 0.717) is 23.1 Å². The molecule has 1 heterocycles. The third-order valence-corrected chi connectivity index (χ3v) is 2.96. The summed E-state index contributed by atoms with van der Waals surface area (Å²) in [6.45, 7) is 0.477. The Morgan fingerprint density at radius 1 is 1.32 bits per heavy atom. The van der Waals surface area contributed by atoms with Crippen molar-refractivity contribution in [3.8, 4) is 11.8 Å². The number of nitrogens with one attached hydrogen (secondary N) is 1. The summed E-state index contributed by atoms with van der Waals surface area (Å²) >= 11 is 6.14. The monoisotopic (exact) mass is 273 g/mol. The largest absolute Gasteiger partial charge is 0.496 e. The molecule has 96 valence electrons. The zero-order chi connectivity index (χ0) is 13.7. The molecule has 1 N–H and O–H groups in total. The van der Waals surface area contributed by atoms with Crippen molar-refractivity contribution < 1.29 is 4.74 Å². The van der Waals surface area contributed by atoms with Crippen LogP contribution < -0.4 is 10.1 Å². The van der Waals surface area contributed by atoms with Crippen LogP contribution in [0.3, 0.4) is 0 Å². The molecule has 0 radical (unpaired) electrons. The van der Waals surface area contributed by atoms with Gasteiger partial charge in [0.15, 0.2) is 0 Å². The average Bonchev–Trinajstić information content (AvgIpc) is 2.46. The first-order valence-electron chi connectivity index (χ1n) is 5.67. The Hall–Kier alpha value is -2.25. The van der Waals surface area contributed by atoms with Crippen molar-refractivity contribution in [2.75, 3.05) is 12.4 Å². The molecule has 0 aliphatic rings. The Balaban J connectivity index is 2.17. The molecule has 4 nitrogen and oxygen atoms in total. The van der Waals surface area contributed by atoms with E-state index in [2.05, 4.69) is 10.3 Å². The van der Waals surface area contributed by atoms with Crippen LogP contribution in [0.5, 0.6) is 5.75 Å². The number of benzene rings is 1. The number of rotatable bonds is 4. The topological polar surface area (TPSA) is 57.9 Å². The fraction of sp³-hybridized carbons (Fsp3) is 0.143. The lowest BCUT2D eigenvalue weighted by atomic mass is 10.2. The van der Waals surface area contributed by atoms with Crippen LogP contribution in [0.15, 0.2) is 36.4 Å². The van der Waals surface area contributed by atoms with Gasteiger partial charge in [0, 0.05) is 17.1 Å². The molecule has 1 aromatic carbocycles. The predicted octanol–water partition coefficient (Wildman–Crippen LogP) is 3.23. The predicted molar refractivity (Wildman–Crippen MR) is 74.3 cm³/mol. The molecular formula is C14H12ClN3O. The molecule has 0 saturated heterocycles. The summed E-state index contributed by atoms with van der Waals surface area (Å²) in [4.78, 5) is 4.14. The molecule has 0 aliphatic carbocycles. The number of nitrogens with zero attached hydrogens (tertiary/aromatic N) is 2. The van der Waals surface area contributed by atoms with E-state index >= 15 is 0 Å². The molecule has 0 spiro atoms. The fourth-order valence-corrected chi connectivity index (χ4v) is 1.91. The normalized spacial score (nSPS) is 9.74. The van der Waals surface area contributed by atoms with E-state index in [9.17, 15) is 0 Å². The van der Waals surface area contributed by atoms with Crippen molar-refractivity contribution in [2.45, 2.75) is 6.54 Å². The van der Waals surface area contributed by atoms with Crippen LogP contribution in [0.4, 0.5) is 5.82 Å². The van der Waals surface area contributed by atoms with Gasteiger partial charge in [0.05, 0.1) is 7.11 Å². The number of nitriles is 1. The van der Waals surface area contributed by atoms with Crippen LogP contribution in [-0.2, 0) is 6.54 Å². The summed E-state index contributed by atoms with van der Waals surface area (Å²) in [5.41, 5.74) is 1.23. The van der Waals surface area contributed by atoms with Gasteiger partial charge in [-0.15, -0.1) is 0 Å². The van der Waals surface area contributed by atoms with E-state index in [1.165, 1.54) is 0 Å². The minimum atomic E-state index is 0.371. The third kappa shape index (κ3) is 3.15. The summed E-state index contributed by atoms with van der Waals surface area (Å²) < 4.78 is 5.26. The lowest BCUT2D eigenvalue weighted by molar-refractivity contribution is 0.410. The number of anilines is 1. The van der Waals surface area contributed by atoms with Crippen LogP contribution in [0.2, 0.25) is 5.02 Å². The van der Waals surface area contributed by atoms with Crippen LogP contribution in [0.1, 0.15) is 11.3 Å². The molecular weight excluding hydrogens is 262 g/mol. The Kier molecular flexibility index (Phi) is 4.22. The highest BCUT2D eigenvalue weighted by molar-refractivity contribution is 6.31. The van der Waals surface area contributed by atoms with Crippen molar-refractivity contribution in [3.63, 3.8) is 0 Å². The Bertz CT molecular complexity index is 622. The number of hydrogen-bond donors (Lipinski definition) is 1. The maximum atomic E-state index is 8.79. The number of pyridine rings is 1. The van der Waals surface area contributed by atoms with Crippen LogP contribution in [-0.4, -0.2) is 12.1 Å². The van der Waals surface area contributed by atoms with E-state index in [-0.39, 0.29) is 0 Å². The molecule has 1 aromatic heterocycles. The first-order chi connectivity index (χ1) is 9.24. The lowest BCUT2D eigenvalue weighted by Crippen LogP contribution is -2.04. The van der Waals surface area contributed by atoms with Crippen LogP contribution in [0, 0.1) is 11.3 Å². The Morgan fingerprint density at radius 3 is 2.84 bits per heavy atom. The molecule has 2 rings (SSSR count). The third-order valence-electron chi connectivity index (χ3n) is 2.61. The second-order valence-corrected chi connectivity index (χ2v) is 4.20. The highest BCUT2D eigenvalue weighted by Crippen LogP contribution is 2.26. The van der Waals surface area contributed by atoms with Gasteiger partial charge in [-0.2, -0.15) is 5.26 Å². The highest BCUT2D eigenvalue weighted by atomic mass is 35.5. The van der Waals surface area contributed by atoms with Gasteiger partial charge in [-0.1, -0.05) is 23.7 Å². The summed E-state index contributed by atoms with van der Waals surface area (Å²) in [5.74, 6) is 1.34. The SMILES string of the molecule is COc1cccc(Cl)c1CNc1cccc(C#N)n1. The van der Waals surface area contributed by atoms with E-state index in [1.54, 1.807) is 31.4 Å². The first-order valence-corrected chi connectivity index (χ1v) is 6.05. The first kappa shape index (κ1) is 13.2. The summed E-state index contributed by atoms with van der Waals surface area (Å²) in [6, 6.07) is 12.7. The van der Waals surface area contributed by atoms with Crippen molar-refractivity contribution in [1.29, 1.82) is 5.26 Å². The van der Waals surface area contributed by atoms with Gasteiger partial charge >= 0.3 is 0 Å². The molecule has 0 aliphatic heterocycles. The zero-order valence-electron chi connectivity index (χ0n) is 10.4. The lowest BCUT2D eigenvalue weighted by Gasteiger charge is -2.11. The van der Waals surface area contributed by atoms with E-state index in [0.717, 1.165) is 11.3 Å². The van der Waals surface area contributed by atoms with Crippen molar-refractivity contribution in [2.24, 2.45) is 0 Å². The van der Waals surface area contributed by atoms with Crippen LogP contribution in [0.25, 0.3) is 0 Å². The van der Waals surface area contributed by atoms with Gasteiger partial charge in [0.1, 0.15) is 23.3 Å². The Labute approximate surface area is 116 Å². The standard InChI is InChI=1S/C14H12ClN3O/c1-19-13-6-3-5-12(15)11(13)9-17-14-7-2-4-10(8-16)18-14/h2-7H,9H2,1H3,(H,17,18). The maximum absolute atomic E-state index is 8.79. The minimum absolute atomic E-state index is 0.371. The molecule has 0 fully saturated rings. The van der Waals surface area contributed by atoms with Gasteiger partial charge in [-0.05, 0) is 24.3 Å². The maximum Gasteiger partial charge on any atom is 0.142 e. The number of methoxy groups -OCH3 is 1. The number of hydrogen-bond acceptors (Lipinski definition) is 4. The fourth-order valence-electron chi connectivity index (χ4n) is 1.68. The quantitative estimate of drug-likeness (QED) is 0.929. The van der Waals surface area contributed by atoms with E-state index < -0.39 is 0 Å². The van der Waals surface area contributed by atoms with Crippen molar-refractivity contribution in [1.82, 2.24) is 4.98 Å². The minimum Gasteiger partial charge on any atom is -0.496 e. The van der Waals surface area contributed by atoms with Gasteiger partial charge in [0.25, 0.3) is 0 Å². The molecule has 0 bridgehead atoms. The van der Waals surface area contributed by atoms with Gasteiger partial charge in [0.2, 0.25) is 0 Å². The molecule has 0 saturated carbocycles. The molecule has 5 heteroatoms. The summed E-state index contributed by atoms with van der Waals surface area (Å²) in [7, 11) is 1.60. The van der Waals surface area contributed by atoms with Crippen LogP contribution >= 0.6 is 11.6 Å². The second kappa shape index (κ2) is 6.07. The molecule has 0 atom stereocenters. The number of ether oxygens (including phenoxy) is 1. The van der Waals surface area contributed by atoms with Crippen molar-refractivity contribution in [3.05, 3.63) is 52.7 Å². The highest BCUT2D eigenvalue weighted by Gasteiger charge is 2.07.